The topological polar surface area (TPSA) is 32.3 Å². The summed E-state index contributed by atoms with van der Waals surface area (Å²) in [6, 6.07) is 8.22. The summed E-state index contributed by atoms with van der Waals surface area (Å²) in [5.41, 5.74) is 1.23. The highest BCUT2D eigenvalue weighted by Crippen LogP contribution is 2.15. The van der Waals surface area contributed by atoms with E-state index >= 15 is 0 Å². The lowest BCUT2D eigenvalue weighted by molar-refractivity contribution is 0.186. The van der Waals surface area contributed by atoms with Crippen molar-refractivity contribution in [3.05, 3.63) is 34.3 Å². The second-order valence-electron chi connectivity index (χ2n) is 4.62. The number of halogens is 1. The van der Waals surface area contributed by atoms with Gasteiger partial charge in [0.15, 0.2) is 0 Å². The van der Waals surface area contributed by atoms with Crippen molar-refractivity contribution >= 4 is 22.0 Å². The molecule has 2 amide bonds. The number of hydrogen-bond acceptors (Lipinski definition) is 1. The Bertz CT molecular complexity index is 403. The minimum Gasteiger partial charge on any atom is -0.338 e. The van der Waals surface area contributed by atoms with Crippen LogP contribution in [0.4, 0.5) is 4.79 Å². The van der Waals surface area contributed by atoms with Crippen LogP contribution in [0.5, 0.6) is 0 Å². The Morgan fingerprint density at radius 3 is 2.67 bits per heavy atom. The molecule has 1 heterocycles. The normalized spacial score (nSPS) is 15.5. The second kappa shape index (κ2) is 6.78. The van der Waals surface area contributed by atoms with Crippen LogP contribution in [0, 0.1) is 0 Å². The van der Waals surface area contributed by atoms with Gasteiger partial charge in [0.1, 0.15) is 0 Å². The number of piperidine rings is 1. The summed E-state index contributed by atoms with van der Waals surface area (Å²) in [7, 11) is 0. The Balaban J connectivity index is 1.75. The van der Waals surface area contributed by atoms with Gasteiger partial charge in [0.05, 0.1) is 0 Å². The number of amides is 2. The quantitative estimate of drug-likeness (QED) is 0.913. The van der Waals surface area contributed by atoms with E-state index in [0.717, 1.165) is 36.8 Å². The highest BCUT2D eigenvalue weighted by Gasteiger charge is 2.15. The summed E-state index contributed by atoms with van der Waals surface area (Å²) in [4.78, 5) is 13.8. The fourth-order valence-electron chi connectivity index (χ4n) is 2.21. The first-order valence-electron chi connectivity index (χ1n) is 6.53. The molecule has 1 aliphatic rings. The van der Waals surface area contributed by atoms with Crippen molar-refractivity contribution in [2.24, 2.45) is 0 Å². The molecule has 3 nitrogen and oxygen atoms in total. The Labute approximate surface area is 117 Å². The lowest BCUT2D eigenvalue weighted by Gasteiger charge is -2.26. The van der Waals surface area contributed by atoms with Gasteiger partial charge in [0.2, 0.25) is 0 Å². The predicted molar refractivity (Wildman–Crippen MR) is 76.7 cm³/mol. The molecule has 0 spiro atoms. The van der Waals surface area contributed by atoms with Crippen LogP contribution in [-0.2, 0) is 6.42 Å². The van der Waals surface area contributed by atoms with Crippen molar-refractivity contribution in [2.75, 3.05) is 19.6 Å². The average molecular weight is 311 g/mol. The van der Waals surface area contributed by atoms with Gasteiger partial charge in [0.25, 0.3) is 0 Å². The fraction of sp³-hybridized carbons (Fsp3) is 0.500. The molecule has 1 fully saturated rings. The van der Waals surface area contributed by atoms with E-state index in [2.05, 4.69) is 27.3 Å². The summed E-state index contributed by atoms with van der Waals surface area (Å²) < 4.78 is 1.11. The van der Waals surface area contributed by atoms with Crippen molar-refractivity contribution in [1.82, 2.24) is 10.2 Å². The van der Waals surface area contributed by atoms with E-state index in [-0.39, 0.29) is 6.03 Å². The molecule has 4 heteroatoms. The van der Waals surface area contributed by atoms with Crippen molar-refractivity contribution in [3.8, 4) is 0 Å². The minimum atomic E-state index is 0.0850. The molecule has 2 rings (SSSR count). The number of urea groups is 1. The van der Waals surface area contributed by atoms with Crippen LogP contribution in [0.1, 0.15) is 24.8 Å². The van der Waals surface area contributed by atoms with E-state index < -0.39 is 0 Å². The fourth-order valence-corrected chi connectivity index (χ4v) is 2.70. The van der Waals surface area contributed by atoms with E-state index in [1.54, 1.807) is 0 Å². The van der Waals surface area contributed by atoms with Crippen LogP contribution in [0.15, 0.2) is 28.7 Å². The van der Waals surface area contributed by atoms with Crippen molar-refractivity contribution in [2.45, 2.75) is 25.7 Å². The lowest BCUT2D eigenvalue weighted by Crippen LogP contribution is -2.43. The Morgan fingerprint density at radius 1 is 1.22 bits per heavy atom. The maximum absolute atomic E-state index is 11.9. The zero-order valence-corrected chi connectivity index (χ0v) is 12.1. The Hall–Kier alpha value is -1.03. The standard InChI is InChI=1S/C14H19BrN2O/c15-13-7-3-2-6-12(13)8-9-16-14(18)17-10-4-1-5-11-17/h2-3,6-7H,1,4-5,8-11H2,(H,16,18). The van der Waals surface area contributed by atoms with Gasteiger partial charge in [0, 0.05) is 24.1 Å². The summed E-state index contributed by atoms with van der Waals surface area (Å²) >= 11 is 3.52. The van der Waals surface area contributed by atoms with Gasteiger partial charge in [-0.15, -0.1) is 0 Å². The van der Waals surface area contributed by atoms with Gasteiger partial charge in [-0.25, -0.2) is 4.79 Å². The van der Waals surface area contributed by atoms with Crippen molar-refractivity contribution in [3.63, 3.8) is 0 Å². The molecule has 0 aromatic heterocycles. The van der Waals surface area contributed by atoms with Gasteiger partial charge in [-0.3, -0.25) is 0 Å². The van der Waals surface area contributed by atoms with Crippen LogP contribution in [0.2, 0.25) is 0 Å². The van der Waals surface area contributed by atoms with E-state index in [9.17, 15) is 4.79 Å². The first kappa shape index (κ1) is 13.4. The van der Waals surface area contributed by atoms with E-state index in [1.165, 1.54) is 12.0 Å². The van der Waals surface area contributed by atoms with Crippen molar-refractivity contribution < 1.29 is 4.79 Å². The zero-order valence-electron chi connectivity index (χ0n) is 10.5. The summed E-state index contributed by atoms with van der Waals surface area (Å²) in [6.45, 7) is 2.50. The van der Waals surface area contributed by atoms with Crippen LogP contribution in [0.3, 0.4) is 0 Å². The number of likely N-dealkylation sites (tertiary alicyclic amines) is 1. The first-order valence-corrected chi connectivity index (χ1v) is 7.33. The number of nitrogens with one attached hydrogen (secondary N) is 1. The molecule has 18 heavy (non-hydrogen) atoms. The maximum Gasteiger partial charge on any atom is 0.317 e. The first-order chi connectivity index (χ1) is 8.77. The molecular weight excluding hydrogens is 292 g/mol. The van der Waals surface area contributed by atoms with E-state index in [1.807, 2.05) is 23.1 Å². The van der Waals surface area contributed by atoms with E-state index in [4.69, 9.17) is 0 Å². The smallest absolute Gasteiger partial charge is 0.317 e. The molecule has 98 valence electrons. The minimum absolute atomic E-state index is 0.0850. The van der Waals surface area contributed by atoms with Crippen LogP contribution >= 0.6 is 15.9 Å². The van der Waals surface area contributed by atoms with Crippen LogP contribution < -0.4 is 5.32 Å². The van der Waals surface area contributed by atoms with Crippen LogP contribution in [0.25, 0.3) is 0 Å². The molecule has 1 saturated heterocycles. The van der Waals surface area contributed by atoms with E-state index in [0.29, 0.717) is 6.54 Å². The molecule has 1 aromatic rings. The number of carbonyl (C=O) groups is 1. The Morgan fingerprint density at radius 2 is 1.94 bits per heavy atom. The number of benzene rings is 1. The molecule has 0 saturated carbocycles. The zero-order chi connectivity index (χ0) is 12.8. The summed E-state index contributed by atoms with van der Waals surface area (Å²) in [5, 5.41) is 2.99. The molecule has 0 radical (unpaired) electrons. The summed E-state index contributed by atoms with van der Waals surface area (Å²) in [6.07, 6.45) is 4.39. The third kappa shape index (κ3) is 3.73. The molecule has 0 unspecified atom stereocenters. The third-order valence-electron chi connectivity index (χ3n) is 3.27. The number of hydrogen-bond donors (Lipinski definition) is 1. The van der Waals surface area contributed by atoms with Crippen LogP contribution in [-0.4, -0.2) is 30.6 Å². The number of rotatable bonds is 3. The number of nitrogens with zero attached hydrogens (tertiary/aromatic N) is 1. The highest BCUT2D eigenvalue weighted by atomic mass is 79.9. The van der Waals surface area contributed by atoms with Gasteiger partial charge < -0.3 is 10.2 Å². The third-order valence-corrected chi connectivity index (χ3v) is 4.05. The highest BCUT2D eigenvalue weighted by molar-refractivity contribution is 9.10. The monoisotopic (exact) mass is 310 g/mol. The molecule has 0 aliphatic carbocycles. The molecule has 0 bridgehead atoms. The predicted octanol–water partition coefficient (Wildman–Crippen LogP) is 3.19. The van der Waals surface area contributed by atoms with Gasteiger partial charge in [-0.2, -0.15) is 0 Å². The maximum atomic E-state index is 11.9. The van der Waals surface area contributed by atoms with Gasteiger partial charge in [-0.05, 0) is 37.3 Å². The van der Waals surface area contributed by atoms with Crippen molar-refractivity contribution in [1.29, 1.82) is 0 Å². The largest absolute Gasteiger partial charge is 0.338 e. The second-order valence-corrected chi connectivity index (χ2v) is 5.48. The number of carbonyl (C=O) groups excluding carboxylic acids is 1. The molecule has 1 aliphatic heterocycles. The van der Waals surface area contributed by atoms with Gasteiger partial charge in [-0.1, -0.05) is 34.1 Å². The molecule has 1 N–H and O–H groups in total. The lowest BCUT2D eigenvalue weighted by atomic mass is 10.1. The SMILES string of the molecule is O=C(NCCc1ccccc1Br)N1CCCCC1. The van der Waals surface area contributed by atoms with Gasteiger partial charge >= 0.3 is 6.03 Å². The molecular formula is C14H19BrN2O. The molecule has 1 aromatic carbocycles. The average Bonchev–Trinajstić information content (AvgIpc) is 2.42. The molecule has 0 atom stereocenters. The summed E-state index contributed by atoms with van der Waals surface area (Å²) in [5.74, 6) is 0. The Kier molecular flexibility index (Phi) is 5.05.